The quantitative estimate of drug-likeness (QED) is 0.867. The fourth-order valence-corrected chi connectivity index (χ4v) is 3.11. The van der Waals surface area contributed by atoms with Crippen molar-refractivity contribution in [2.45, 2.75) is 32.4 Å². The third kappa shape index (κ3) is 3.30. The Balaban J connectivity index is 1.79. The van der Waals surface area contributed by atoms with E-state index in [0.29, 0.717) is 6.04 Å². The molecule has 0 bridgehead atoms. The molecule has 1 aliphatic heterocycles. The number of nitrogens with one attached hydrogen (secondary N) is 1. The average Bonchev–Trinajstić information content (AvgIpc) is 2.74. The van der Waals surface area contributed by atoms with E-state index in [4.69, 9.17) is 0 Å². The number of hydrogen-bond acceptors (Lipinski definition) is 3. The molecule has 1 aromatic heterocycles. The van der Waals surface area contributed by atoms with E-state index in [1.54, 1.807) is 11.3 Å². The predicted molar refractivity (Wildman–Crippen MR) is 70.8 cm³/mol. The number of hydrogen-bond donors (Lipinski definition) is 1. The van der Waals surface area contributed by atoms with E-state index in [1.807, 2.05) is 0 Å². The first-order chi connectivity index (χ1) is 7.75. The molecule has 1 aromatic rings. The second-order valence-electron chi connectivity index (χ2n) is 5.01. The van der Waals surface area contributed by atoms with Crippen molar-refractivity contribution >= 4 is 11.3 Å². The number of likely N-dealkylation sites (N-methyl/N-ethyl adjacent to an activating group) is 1. The van der Waals surface area contributed by atoms with Gasteiger partial charge in [0.2, 0.25) is 0 Å². The second-order valence-corrected chi connectivity index (χ2v) is 5.79. The molecule has 3 heteroatoms. The molecular weight excluding hydrogens is 216 g/mol. The summed E-state index contributed by atoms with van der Waals surface area (Å²) in [6.45, 7) is 5.81. The standard InChI is InChI=1S/C13H22N2S/c1-11-4-3-6-14-13(11)9-15(2)8-12-5-7-16-10-12/h5,7,10-11,13-14H,3-4,6,8-9H2,1-2H3. The van der Waals surface area contributed by atoms with E-state index in [2.05, 4.69) is 41.0 Å². The molecule has 2 heterocycles. The highest BCUT2D eigenvalue weighted by atomic mass is 32.1. The van der Waals surface area contributed by atoms with Crippen LogP contribution in [0.3, 0.4) is 0 Å². The van der Waals surface area contributed by atoms with Crippen LogP contribution in [0.1, 0.15) is 25.3 Å². The summed E-state index contributed by atoms with van der Waals surface area (Å²) in [6, 6.07) is 2.90. The summed E-state index contributed by atoms with van der Waals surface area (Å²) >= 11 is 1.79. The fourth-order valence-electron chi connectivity index (χ4n) is 2.45. The van der Waals surface area contributed by atoms with Crippen LogP contribution in [-0.2, 0) is 6.54 Å². The van der Waals surface area contributed by atoms with Gasteiger partial charge in [-0.05, 0) is 54.7 Å². The van der Waals surface area contributed by atoms with Crippen molar-refractivity contribution in [1.29, 1.82) is 0 Å². The minimum Gasteiger partial charge on any atom is -0.312 e. The molecule has 0 aliphatic carbocycles. The molecule has 1 N–H and O–H groups in total. The first kappa shape index (κ1) is 12.1. The van der Waals surface area contributed by atoms with E-state index in [0.717, 1.165) is 19.0 Å². The van der Waals surface area contributed by atoms with Crippen molar-refractivity contribution in [1.82, 2.24) is 10.2 Å². The Kier molecular flexibility index (Phi) is 4.38. The van der Waals surface area contributed by atoms with E-state index in [1.165, 1.54) is 24.9 Å². The van der Waals surface area contributed by atoms with Crippen molar-refractivity contribution in [3.05, 3.63) is 22.4 Å². The maximum Gasteiger partial charge on any atom is 0.0239 e. The Labute approximate surface area is 103 Å². The normalized spacial score (nSPS) is 26.2. The molecule has 2 unspecified atom stereocenters. The molecule has 1 saturated heterocycles. The molecular formula is C13H22N2S. The Morgan fingerprint density at radius 2 is 2.44 bits per heavy atom. The molecule has 1 aliphatic rings. The first-order valence-corrected chi connectivity index (χ1v) is 7.13. The highest BCUT2D eigenvalue weighted by Crippen LogP contribution is 2.17. The number of thiophene rings is 1. The van der Waals surface area contributed by atoms with E-state index < -0.39 is 0 Å². The number of rotatable bonds is 4. The lowest BCUT2D eigenvalue weighted by Crippen LogP contribution is -2.46. The van der Waals surface area contributed by atoms with Crippen molar-refractivity contribution < 1.29 is 0 Å². The zero-order valence-corrected chi connectivity index (χ0v) is 11.1. The van der Waals surface area contributed by atoms with Crippen LogP contribution in [0.5, 0.6) is 0 Å². The Hall–Kier alpha value is -0.380. The van der Waals surface area contributed by atoms with Gasteiger partial charge < -0.3 is 10.2 Å². The van der Waals surface area contributed by atoms with Gasteiger partial charge in [0, 0.05) is 19.1 Å². The Morgan fingerprint density at radius 1 is 1.56 bits per heavy atom. The van der Waals surface area contributed by atoms with Crippen molar-refractivity contribution in [2.24, 2.45) is 5.92 Å². The smallest absolute Gasteiger partial charge is 0.0239 e. The van der Waals surface area contributed by atoms with Gasteiger partial charge in [-0.15, -0.1) is 0 Å². The largest absolute Gasteiger partial charge is 0.312 e. The molecule has 0 aromatic carbocycles. The van der Waals surface area contributed by atoms with Crippen LogP contribution < -0.4 is 5.32 Å². The first-order valence-electron chi connectivity index (χ1n) is 6.18. The summed E-state index contributed by atoms with van der Waals surface area (Å²) in [5, 5.41) is 8.04. The van der Waals surface area contributed by atoms with Gasteiger partial charge in [0.1, 0.15) is 0 Å². The molecule has 0 amide bonds. The highest BCUT2D eigenvalue weighted by molar-refractivity contribution is 7.07. The van der Waals surface area contributed by atoms with E-state index >= 15 is 0 Å². The Morgan fingerprint density at radius 3 is 3.12 bits per heavy atom. The van der Waals surface area contributed by atoms with Gasteiger partial charge >= 0.3 is 0 Å². The molecule has 0 saturated carbocycles. The fraction of sp³-hybridized carbons (Fsp3) is 0.692. The second kappa shape index (κ2) is 5.80. The molecule has 90 valence electrons. The maximum atomic E-state index is 3.64. The lowest BCUT2D eigenvalue weighted by molar-refractivity contribution is 0.212. The summed E-state index contributed by atoms with van der Waals surface area (Å²) < 4.78 is 0. The molecule has 0 spiro atoms. The zero-order chi connectivity index (χ0) is 11.4. The van der Waals surface area contributed by atoms with Crippen LogP contribution in [0.25, 0.3) is 0 Å². The zero-order valence-electron chi connectivity index (χ0n) is 10.3. The molecule has 0 radical (unpaired) electrons. The van der Waals surface area contributed by atoms with E-state index in [9.17, 15) is 0 Å². The summed E-state index contributed by atoms with van der Waals surface area (Å²) in [4.78, 5) is 2.43. The van der Waals surface area contributed by atoms with Crippen LogP contribution in [0.2, 0.25) is 0 Å². The summed E-state index contributed by atoms with van der Waals surface area (Å²) in [7, 11) is 2.22. The third-order valence-corrected chi connectivity index (χ3v) is 4.20. The number of nitrogens with zero attached hydrogens (tertiary/aromatic N) is 1. The van der Waals surface area contributed by atoms with Gasteiger partial charge in [-0.25, -0.2) is 0 Å². The van der Waals surface area contributed by atoms with Crippen LogP contribution in [0.15, 0.2) is 16.8 Å². The van der Waals surface area contributed by atoms with Crippen molar-refractivity contribution in [3.63, 3.8) is 0 Å². The molecule has 1 fully saturated rings. The van der Waals surface area contributed by atoms with Gasteiger partial charge in [0.05, 0.1) is 0 Å². The minimum atomic E-state index is 0.678. The van der Waals surface area contributed by atoms with Crippen LogP contribution >= 0.6 is 11.3 Å². The van der Waals surface area contributed by atoms with Gasteiger partial charge in [-0.1, -0.05) is 6.92 Å². The predicted octanol–water partition coefficient (Wildman–Crippen LogP) is 2.57. The van der Waals surface area contributed by atoms with Gasteiger partial charge in [-0.3, -0.25) is 0 Å². The molecule has 2 atom stereocenters. The van der Waals surface area contributed by atoms with Gasteiger partial charge in [0.15, 0.2) is 0 Å². The molecule has 2 rings (SSSR count). The third-order valence-electron chi connectivity index (χ3n) is 3.47. The monoisotopic (exact) mass is 238 g/mol. The van der Waals surface area contributed by atoms with Crippen LogP contribution in [0.4, 0.5) is 0 Å². The van der Waals surface area contributed by atoms with E-state index in [-0.39, 0.29) is 0 Å². The lowest BCUT2D eigenvalue weighted by Gasteiger charge is -2.33. The van der Waals surface area contributed by atoms with Crippen molar-refractivity contribution in [3.8, 4) is 0 Å². The topological polar surface area (TPSA) is 15.3 Å². The maximum absolute atomic E-state index is 3.64. The lowest BCUT2D eigenvalue weighted by atomic mass is 9.92. The van der Waals surface area contributed by atoms with Gasteiger partial charge in [-0.2, -0.15) is 11.3 Å². The SMILES string of the molecule is CC1CCCNC1CN(C)Cc1ccsc1. The Bertz CT molecular complexity index is 297. The molecule has 2 nitrogen and oxygen atoms in total. The highest BCUT2D eigenvalue weighted by Gasteiger charge is 2.21. The van der Waals surface area contributed by atoms with Crippen LogP contribution in [-0.4, -0.2) is 31.1 Å². The van der Waals surface area contributed by atoms with Crippen LogP contribution in [0, 0.1) is 5.92 Å². The summed E-state index contributed by atoms with van der Waals surface area (Å²) in [5.41, 5.74) is 1.44. The minimum absolute atomic E-state index is 0.678. The average molecular weight is 238 g/mol. The van der Waals surface area contributed by atoms with Crippen molar-refractivity contribution in [2.75, 3.05) is 20.1 Å². The number of piperidine rings is 1. The molecule has 16 heavy (non-hydrogen) atoms. The summed E-state index contributed by atoms with van der Waals surface area (Å²) in [6.07, 6.45) is 2.72. The summed E-state index contributed by atoms with van der Waals surface area (Å²) in [5.74, 6) is 0.818. The van der Waals surface area contributed by atoms with Gasteiger partial charge in [0.25, 0.3) is 0 Å².